The van der Waals surface area contributed by atoms with Gasteiger partial charge < -0.3 is 9.73 Å². The quantitative estimate of drug-likeness (QED) is 0.770. The van der Waals surface area contributed by atoms with Crippen molar-refractivity contribution in [3.63, 3.8) is 0 Å². The van der Waals surface area contributed by atoms with Crippen molar-refractivity contribution in [1.29, 1.82) is 0 Å². The molecule has 2 aromatic carbocycles. The Kier molecular flexibility index (Phi) is 4.62. The molecule has 1 aromatic heterocycles. The lowest BCUT2D eigenvalue weighted by atomic mass is 10.2. The van der Waals surface area contributed by atoms with E-state index in [0.717, 1.165) is 10.7 Å². The number of anilines is 1. The number of benzene rings is 2. The van der Waals surface area contributed by atoms with Gasteiger partial charge in [0.2, 0.25) is 11.8 Å². The van der Waals surface area contributed by atoms with Gasteiger partial charge in [0.05, 0.1) is 5.69 Å². The highest BCUT2D eigenvalue weighted by molar-refractivity contribution is 6.30. The number of carbonyl (C=O) groups excluding carboxylic acids is 1. The van der Waals surface area contributed by atoms with Crippen LogP contribution in [0.3, 0.4) is 0 Å². The minimum Gasteiger partial charge on any atom is -0.388 e. The van der Waals surface area contributed by atoms with E-state index in [9.17, 15) is 18.4 Å². The molecule has 0 bridgehead atoms. The van der Waals surface area contributed by atoms with Gasteiger partial charge in [-0.2, -0.15) is 4.68 Å². The summed E-state index contributed by atoms with van der Waals surface area (Å²) < 4.78 is 32.2. The van der Waals surface area contributed by atoms with Crippen LogP contribution >= 0.6 is 11.6 Å². The predicted molar refractivity (Wildman–Crippen MR) is 86.2 cm³/mol. The summed E-state index contributed by atoms with van der Waals surface area (Å²) in [6, 6.07) is 8.81. The Morgan fingerprint density at radius 3 is 2.64 bits per heavy atom. The minimum atomic E-state index is -0.874. The molecule has 128 valence electrons. The fourth-order valence-corrected chi connectivity index (χ4v) is 2.21. The standard InChI is InChI=1S/C16H10ClF2N3O3/c17-10-3-6-12(19)13(7-10)20-14(23)8-22-16(24)25-15(21-22)9-1-4-11(18)5-2-9/h1-7H,8H2,(H,20,23). The molecule has 0 unspecified atom stereocenters. The van der Waals surface area contributed by atoms with Gasteiger partial charge in [-0.25, -0.2) is 13.6 Å². The van der Waals surface area contributed by atoms with Crippen molar-refractivity contribution >= 4 is 23.2 Å². The maximum absolute atomic E-state index is 13.6. The largest absolute Gasteiger partial charge is 0.437 e. The molecule has 1 amide bonds. The summed E-state index contributed by atoms with van der Waals surface area (Å²) in [7, 11) is 0. The number of halogens is 3. The highest BCUT2D eigenvalue weighted by atomic mass is 35.5. The van der Waals surface area contributed by atoms with Gasteiger partial charge in [-0.1, -0.05) is 11.6 Å². The molecule has 25 heavy (non-hydrogen) atoms. The van der Waals surface area contributed by atoms with Crippen LogP contribution in [0.2, 0.25) is 5.02 Å². The molecule has 0 atom stereocenters. The highest BCUT2D eigenvalue weighted by Gasteiger charge is 2.14. The van der Waals surface area contributed by atoms with Crippen LogP contribution in [0.1, 0.15) is 0 Å². The van der Waals surface area contributed by atoms with Crippen molar-refractivity contribution in [2.45, 2.75) is 6.54 Å². The van der Waals surface area contributed by atoms with Gasteiger partial charge >= 0.3 is 5.76 Å². The number of amides is 1. The van der Waals surface area contributed by atoms with Gasteiger partial charge in [0.15, 0.2) is 0 Å². The zero-order chi connectivity index (χ0) is 18.0. The van der Waals surface area contributed by atoms with E-state index in [0.29, 0.717) is 5.56 Å². The zero-order valence-electron chi connectivity index (χ0n) is 12.5. The zero-order valence-corrected chi connectivity index (χ0v) is 13.3. The lowest BCUT2D eigenvalue weighted by molar-refractivity contribution is -0.117. The summed E-state index contributed by atoms with van der Waals surface area (Å²) in [5.41, 5.74) is 0.256. The predicted octanol–water partition coefficient (Wildman–Crippen LogP) is 3.07. The second-order valence-electron chi connectivity index (χ2n) is 5.01. The van der Waals surface area contributed by atoms with Crippen molar-refractivity contribution in [3.8, 4) is 11.5 Å². The first kappa shape index (κ1) is 16.8. The van der Waals surface area contributed by atoms with Crippen molar-refractivity contribution in [2.75, 3.05) is 5.32 Å². The Bertz CT molecular complexity index is 983. The molecule has 0 fully saturated rings. The van der Waals surface area contributed by atoms with Crippen LogP contribution in [-0.4, -0.2) is 15.7 Å². The first-order chi connectivity index (χ1) is 11.9. The van der Waals surface area contributed by atoms with Crippen LogP contribution in [-0.2, 0) is 11.3 Å². The summed E-state index contributed by atoms with van der Waals surface area (Å²) in [5, 5.41) is 6.40. The minimum absolute atomic E-state index is 0.0632. The van der Waals surface area contributed by atoms with Crippen LogP contribution in [0.15, 0.2) is 51.7 Å². The number of nitrogens with one attached hydrogen (secondary N) is 1. The van der Waals surface area contributed by atoms with E-state index in [1.165, 1.54) is 36.4 Å². The van der Waals surface area contributed by atoms with Crippen molar-refractivity contribution in [3.05, 3.63) is 69.7 Å². The van der Waals surface area contributed by atoms with Crippen molar-refractivity contribution in [2.24, 2.45) is 0 Å². The first-order valence-electron chi connectivity index (χ1n) is 7.01. The molecule has 3 aromatic rings. The second-order valence-corrected chi connectivity index (χ2v) is 5.45. The van der Waals surface area contributed by atoms with E-state index >= 15 is 0 Å². The van der Waals surface area contributed by atoms with Gasteiger partial charge in [-0.05, 0) is 42.5 Å². The van der Waals surface area contributed by atoms with Crippen LogP contribution in [0.4, 0.5) is 14.5 Å². The van der Waals surface area contributed by atoms with Crippen LogP contribution < -0.4 is 11.1 Å². The van der Waals surface area contributed by atoms with Gasteiger partial charge in [0.1, 0.15) is 18.2 Å². The average molecular weight is 366 g/mol. The smallest absolute Gasteiger partial charge is 0.388 e. The monoisotopic (exact) mass is 365 g/mol. The van der Waals surface area contributed by atoms with E-state index in [1.807, 2.05) is 0 Å². The molecule has 0 radical (unpaired) electrons. The number of hydrogen-bond donors (Lipinski definition) is 1. The molecule has 0 spiro atoms. The Balaban J connectivity index is 1.77. The number of hydrogen-bond acceptors (Lipinski definition) is 4. The summed E-state index contributed by atoms with van der Waals surface area (Å²) in [4.78, 5) is 23.7. The maximum Gasteiger partial charge on any atom is 0.437 e. The number of nitrogens with zero attached hydrogens (tertiary/aromatic N) is 2. The third-order valence-electron chi connectivity index (χ3n) is 3.19. The van der Waals surface area contributed by atoms with Gasteiger partial charge in [-0.3, -0.25) is 4.79 Å². The normalized spacial score (nSPS) is 10.7. The molecule has 0 aliphatic heterocycles. The molecular formula is C16H10ClF2N3O3. The molecule has 0 aliphatic rings. The number of rotatable bonds is 4. The Labute approximate surface area is 144 Å². The summed E-state index contributed by atoms with van der Waals surface area (Å²) >= 11 is 5.74. The van der Waals surface area contributed by atoms with Gasteiger partial charge in [0.25, 0.3) is 0 Å². The van der Waals surface area contributed by atoms with Crippen LogP contribution in [0.5, 0.6) is 0 Å². The molecule has 1 N–H and O–H groups in total. The molecule has 6 nitrogen and oxygen atoms in total. The van der Waals surface area contributed by atoms with Crippen molar-refractivity contribution in [1.82, 2.24) is 9.78 Å². The highest BCUT2D eigenvalue weighted by Crippen LogP contribution is 2.19. The third-order valence-corrected chi connectivity index (χ3v) is 3.43. The molecular weight excluding hydrogens is 356 g/mol. The van der Waals surface area contributed by atoms with E-state index in [4.69, 9.17) is 16.0 Å². The average Bonchev–Trinajstić information content (AvgIpc) is 2.92. The van der Waals surface area contributed by atoms with E-state index < -0.39 is 29.8 Å². The number of aromatic nitrogens is 2. The lowest BCUT2D eigenvalue weighted by Crippen LogP contribution is -2.26. The SMILES string of the molecule is O=C(Cn1nc(-c2ccc(F)cc2)oc1=O)Nc1cc(Cl)ccc1F. The second kappa shape index (κ2) is 6.86. The van der Waals surface area contributed by atoms with Gasteiger partial charge in [0, 0.05) is 10.6 Å². The van der Waals surface area contributed by atoms with E-state index in [-0.39, 0.29) is 16.6 Å². The Morgan fingerprint density at radius 1 is 1.20 bits per heavy atom. The first-order valence-corrected chi connectivity index (χ1v) is 7.39. The fourth-order valence-electron chi connectivity index (χ4n) is 2.03. The van der Waals surface area contributed by atoms with Crippen LogP contribution in [0, 0.1) is 11.6 Å². The Morgan fingerprint density at radius 2 is 1.92 bits per heavy atom. The van der Waals surface area contributed by atoms with E-state index in [1.54, 1.807) is 0 Å². The lowest BCUT2D eigenvalue weighted by Gasteiger charge is -2.06. The fraction of sp³-hybridized carbons (Fsp3) is 0.0625. The summed E-state index contributed by atoms with van der Waals surface area (Å²) in [6.45, 7) is -0.491. The maximum atomic E-state index is 13.6. The third kappa shape index (κ3) is 3.92. The molecule has 1 heterocycles. The summed E-state index contributed by atoms with van der Waals surface area (Å²) in [6.07, 6.45) is 0. The summed E-state index contributed by atoms with van der Waals surface area (Å²) in [5.74, 6) is -2.75. The Hall–Kier alpha value is -3.00. The topological polar surface area (TPSA) is 77.1 Å². The van der Waals surface area contributed by atoms with Crippen LogP contribution in [0.25, 0.3) is 11.5 Å². The van der Waals surface area contributed by atoms with Gasteiger partial charge in [-0.15, -0.1) is 5.10 Å². The molecule has 9 heteroatoms. The molecule has 0 saturated carbocycles. The molecule has 0 aliphatic carbocycles. The van der Waals surface area contributed by atoms with E-state index in [2.05, 4.69) is 10.4 Å². The molecule has 3 rings (SSSR count). The number of carbonyl (C=O) groups is 1. The van der Waals surface area contributed by atoms with Crippen molar-refractivity contribution < 1.29 is 18.0 Å². The molecule has 0 saturated heterocycles.